The fraction of sp³-hybridized carbons (Fsp3) is 0.429. The Morgan fingerprint density at radius 1 is 1.04 bits per heavy atom. The largest absolute Gasteiger partial charge is 0.385 e. The molecular formula is C21H24OS. The van der Waals surface area contributed by atoms with E-state index in [0.717, 1.165) is 19.3 Å². The topological polar surface area (TPSA) is 20.2 Å². The summed E-state index contributed by atoms with van der Waals surface area (Å²) >= 11 is 1.89. The summed E-state index contributed by atoms with van der Waals surface area (Å²) in [5.41, 5.74) is 6.22. The molecule has 0 aromatic heterocycles. The summed E-state index contributed by atoms with van der Waals surface area (Å²) in [7, 11) is 0. The lowest BCUT2D eigenvalue weighted by Gasteiger charge is -2.37. The van der Waals surface area contributed by atoms with Crippen LogP contribution >= 0.6 is 11.8 Å². The van der Waals surface area contributed by atoms with Crippen LogP contribution in [0.25, 0.3) is 0 Å². The molecule has 0 bridgehead atoms. The maximum absolute atomic E-state index is 10.9. The molecule has 1 saturated carbocycles. The van der Waals surface area contributed by atoms with Crippen molar-refractivity contribution >= 4 is 11.8 Å². The highest BCUT2D eigenvalue weighted by atomic mass is 32.2. The Hall–Kier alpha value is -1.25. The summed E-state index contributed by atoms with van der Waals surface area (Å²) < 4.78 is 0. The summed E-state index contributed by atoms with van der Waals surface area (Å²) in [6.45, 7) is 8.61. The summed E-state index contributed by atoms with van der Waals surface area (Å²) in [4.78, 5) is 2.72. The van der Waals surface area contributed by atoms with Crippen LogP contribution < -0.4 is 0 Å². The molecule has 2 heteroatoms. The highest BCUT2D eigenvalue weighted by Gasteiger charge is 2.59. The van der Waals surface area contributed by atoms with Crippen molar-refractivity contribution < 1.29 is 5.11 Å². The molecule has 0 heterocycles. The summed E-state index contributed by atoms with van der Waals surface area (Å²) in [5.74, 6) is 0. The highest BCUT2D eigenvalue weighted by Crippen LogP contribution is 2.65. The third-order valence-electron chi connectivity index (χ3n) is 5.90. The Labute approximate surface area is 143 Å². The highest BCUT2D eigenvalue weighted by molar-refractivity contribution is 8.03. The number of allylic oxidation sites excluding steroid dienone is 3. The molecule has 1 N–H and O–H groups in total. The first-order chi connectivity index (χ1) is 10.8. The molecule has 1 aromatic carbocycles. The monoisotopic (exact) mass is 324 g/mol. The zero-order valence-electron chi connectivity index (χ0n) is 14.4. The zero-order chi connectivity index (χ0) is 16.4. The van der Waals surface area contributed by atoms with Crippen molar-refractivity contribution in [3.8, 4) is 0 Å². The summed E-state index contributed by atoms with van der Waals surface area (Å²) in [6.07, 6.45) is 5.35. The third-order valence-corrected chi connectivity index (χ3v) is 7.16. The standard InChI is InChI=1S/C21H24OS/c1-13-5-7-17(8-6-13)23-19-14(2)11-16-12-20(4,22)21(9-10-21)15(3)18(16)19/h5-8,12,22H,9-11H2,1-4H3/t20-/m1/s1. The number of aryl methyl sites for hydroxylation is 1. The zero-order valence-corrected chi connectivity index (χ0v) is 15.2. The Kier molecular flexibility index (Phi) is 3.24. The predicted molar refractivity (Wildman–Crippen MR) is 97.4 cm³/mol. The molecule has 1 aromatic rings. The van der Waals surface area contributed by atoms with Gasteiger partial charge in [0.25, 0.3) is 0 Å². The minimum Gasteiger partial charge on any atom is -0.385 e. The van der Waals surface area contributed by atoms with Crippen LogP contribution in [0.15, 0.2) is 62.4 Å². The number of aliphatic hydroxyl groups is 1. The van der Waals surface area contributed by atoms with Crippen molar-refractivity contribution in [3.05, 3.63) is 63.1 Å². The van der Waals surface area contributed by atoms with Gasteiger partial charge in [-0.3, -0.25) is 0 Å². The average molecular weight is 324 g/mol. The van der Waals surface area contributed by atoms with Crippen LogP contribution in [0.2, 0.25) is 0 Å². The van der Waals surface area contributed by atoms with Crippen molar-refractivity contribution in [2.45, 2.75) is 57.5 Å². The van der Waals surface area contributed by atoms with E-state index in [0.29, 0.717) is 0 Å². The second-order valence-corrected chi connectivity index (χ2v) is 8.68. The van der Waals surface area contributed by atoms with Gasteiger partial charge in [-0.15, -0.1) is 0 Å². The number of fused-ring (bicyclic) bond motifs is 1. The van der Waals surface area contributed by atoms with E-state index in [-0.39, 0.29) is 5.41 Å². The molecule has 1 spiro atoms. The number of hydrogen-bond donors (Lipinski definition) is 1. The molecule has 0 saturated heterocycles. The van der Waals surface area contributed by atoms with Gasteiger partial charge < -0.3 is 5.11 Å². The molecule has 0 aliphatic heterocycles. The molecule has 3 aliphatic carbocycles. The van der Waals surface area contributed by atoms with Crippen molar-refractivity contribution in [1.82, 2.24) is 0 Å². The van der Waals surface area contributed by atoms with Gasteiger partial charge in [-0.05, 0) is 76.3 Å². The van der Waals surface area contributed by atoms with E-state index in [9.17, 15) is 5.11 Å². The van der Waals surface area contributed by atoms with Gasteiger partial charge in [0.05, 0.1) is 5.60 Å². The molecule has 1 fully saturated rings. The molecule has 0 unspecified atom stereocenters. The predicted octanol–water partition coefficient (Wildman–Crippen LogP) is 5.55. The first-order valence-electron chi connectivity index (χ1n) is 8.44. The van der Waals surface area contributed by atoms with Crippen LogP contribution in [-0.2, 0) is 0 Å². The number of rotatable bonds is 2. The van der Waals surface area contributed by atoms with Gasteiger partial charge in [0, 0.05) is 15.2 Å². The Morgan fingerprint density at radius 2 is 1.70 bits per heavy atom. The molecule has 0 amide bonds. The molecule has 120 valence electrons. The first kappa shape index (κ1) is 15.3. The molecule has 23 heavy (non-hydrogen) atoms. The maximum Gasteiger partial charge on any atom is 0.0898 e. The van der Waals surface area contributed by atoms with E-state index < -0.39 is 5.60 Å². The van der Waals surface area contributed by atoms with Gasteiger partial charge in [0.15, 0.2) is 0 Å². The Balaban J connectivity index is 1.76. The quantitative estimate of drug-likeness (QED) is 0.769. The fourth-order valence-corrected chi connectivity index (χ4v) is 5.45. The van der Waals surface area contributed by atoms with E-state index in [1.807, 2.05) is 18.7 Å². The normalized spacial score (nSPS) is 28.3. The lowest BCUT2D eigenvalue weighted by Crippen LogP contribution is -2.38. The Morgan fingerprint density at radius 3 is 2.30 bits per heavy atom. The molecular weight excluding hydrogens is 300 g/mol. The summed E-state index contributed by atoms with van der Waals surface area (Å²) in [5, 5.41) is 10.9. The molecule has 1 nitrogen and oxygen atoms in total. The van der Waals surface area contributed by atoms with E-state index in [1.165, 1.54) is 37.7 Å². The van der Waals surface area contributed by atoms with E-state index in [4.69, 9.17) is 0 Å². The second-order valence-electron chi connectivity index (χ2n) is 7.60. The number of hydrogen-bond acceptors (Lipinski definition) is 2. The van der Waals surface area contributed by atoms with Gasteiger partial charge in [-0.2, -0.15) is 0 Å². The minimum atomic E-state index is -0.680. The van der Waals surface area contributed by atoms with Crippen LogP contribution in [0.3, 0.4) is 0 Å². The SMILES string of the molecule is CC1=C(Sc2ccc(C)cc2)C2=C(C)C3(CC3)[C@](C)(O)C=C2C1. The van der Waals surface area contributed by atoms with E-state index >= 15 is 0 Å². The van der Waals surface area contributed by atoms with Crippen molar-refractivity contribution in [3.63, 3.8) is 0 Å². The van der Waals surface area contributed by atoms with E-state index in [2.05, 4.69) is 51.1 Å². The molecule has 0 radical (unpaired) electrons. The van der Waals surface area contributed by atoms with Crippen LogP contribution in [-0.4, -0.2) is 10.7 Å². The van der Waals surface area contributed by atoms with Crippen LogP contribution in [0.4, 0.5) is 0 Å². The first-order valence-corrected chi connectivity index (χ1v) is 9.26. The van der Waals surface area contributed by atoms with Gasteiger partial charge in [-0.25, -0.2) is 0 Å². The maximum atomic E-state index is 10.9. The fourth-order valence-electron chi connectivity index (χ4n) is 4.31. The van der Waals surface area contributed by atoms with Crippen LogP contribution in [0.5, 0.6) is 0 Å². The van der Waals surface area contributed by atoms with Gasteiger partial charge in [0.1, 0.15) is 0 Å². The lowest BCUT2D eigenvalue weighted by atomic mass is 9.72. The third kappa shape index (κ3) is 2.19. The number of benzene rings is 1. The van der Waals surface area contributed by atoms with Gasteiger partial charge >= 0.3 is 0 Å². The summed E-state index contributed by atoms with van der Waals surface area (Å²) in [6, 6.07) is 8.78. The Bertz CT molecular complexity index is 771. The smallest absolute Gasteiger partial charge is 0.0898 e. The molecule has 3 aliphatic rings. The van der Waals surface area contributed by atoms with Crippen LogP contribution in [0.1, 0.15) is 45.6 Å². The average Bonchev–Trinajstić information content (AvgIpc) is 3.23. The molecule has 1 atom stereocenters. The lowest BCUT2D eigenvalue weighted by molar-refractivity contribution is 0.0458. The number of thioether (sulfide) groups is 1. The minimum absolute atomic E-state index is 0.00443. The molecule has 4 rings (SSSR count). The van der Waals surface area contributed by atoms with Crippen LogP contribution in [0, 0.1) is 12.3 Å². The van der Waals surface area contributed by atoms with E-state index in [1.54, 1.807) is 0 Å². The second kappa shape index (κ2) is 4.87. The van der Waals surface area contributed by atoms with Crippen molar-refractivity contribution in [2.24, 2.45) is 5.41 Å². The van der Waals surface area contributed by atoms with Crippen molar-refractivity contribution in [2.75, 3.05) is 0 Å². The van der Waals surface area contributed by atoms with Gasteiger partial charge in [-0.1, -0.05) is 40.6 Å². The van der Waals surface area contributed by atoms with Crippen molar-refractivity contribution in [1.29, 1.82) is 0 Å². The van der Waals surface area contributed by atoms with Gasteiger partial charge in [0.2, 0.25) is 0 Å².